The van der Waals surface area contributed by atoms with Crippen LogP contribution in [-0.2, 0) is 9.59 Å². The lowest BCUT2D eigenvalue weighted by Gasteiger charge is -2.36. The Morgan fingerprint density at radius 3 is 1.40 bits per heavy atom. The van der Waals surface area contributed by atoms with E-state index in [-0.39, 0.29) is 84.6 Å². The number of anilines is 2. The minimum Gasteiger partial charge on any atom is -0.329 e. The number of halogens is 8. The number of nitrogens with zero attached hydrogens (tertiary/aromatic N) is 8. The van der Waals surface area contributed by atoms with Gasteiger partial charge in [-0.2, -0.15) is 26.3 Å². The summed E-state index contributed by atoms with van der Waals surface area (Å²) in [7, 11) is 0. The molecule has 3 saturated heterocycles. The van der Waals surface area contributed by atoms with E-state index in [1.807, 2.05) is 0 Å². The Balaban J connectivity index is 0.000000185. The quantitative estimate of drug-likeness (QED) is 0.0982. The van der Waals surface area contributed by atoms with Gasteiger partial charge in [0.15, 0.2) is 0 Å². The lowest BCUT2D eigenvalue weighted by atomic mass is 10.0. The van der Waals surface area contributed by atoms with Crippen molar-refractivity contribution in [1.82, 2.24) is 40.2 Å². The summed E-state index contributed by atoms with van der Waals surface area (Å²) in [5.41, 5.74) is 4.08. The second-order valence-electron chi connectivity index (χ2n) is 22.0. The number of hydrogen-bond acceptors (Lipinski definition) is 8. The summed E-state index contributed by atoms with van der Waals surface area (Å²) < 4.78 is 110. The molecule has 6 heterocycles. The monoisotopic (exact) mass is 1240 g/mol. The Labute approximate surface area is 509 Å². The van der Waals surface area contributed by atoms with E-state index in [1.165, 1.54) is 46.2 Å². The van der Waals surface area contributed by atoms with Crippen molar-refractivity contribution >= 4 is 52.7 Å². The standard InChI is InChI=1S/C32H30F4N6O3.C32H28F4N6O3/c2*33-22-12-10-20(11-13-22)25-18-41(31(45)37-25)23-14-16-40(17-15-23)30(44)39-28-29(43)42(19-32(34,35)36)26-9-5-4-8-24(26)27(38-28)21-6-2-1-3-7-21/h1-13,23,25,28H,14-19H2,(H,37,45)(H,39,44);1-13,18,23,28H,14-17,19H2,(H,37,45)(H,39,44)/t25?,28-;28-/m00/s1. The van der Waals surface area contributed by atoms with Crippen LogP contribution >= 0.6 is 0 Å². The maximum absolute atomic E-state index is 13.7. The molecule has 12 rings (SSSR count). The number of piperidine rings is 2. The number of benzene rings is 6. The Hall–Kier alpha value is -10.1. The van der Waals surface area contributed by atoms with E-state index >= 15 is 0 Å². The molecule has 0 radical (unpaired) electrons. The first-order valence-electron chi connectivity index (χ1n) is 28.9. The maximum atomic E-state index is 13.7. The molecular weight excluding hydrogens is 1180 g/mol. The van der Waals surface area contributed by atoms with E-state index in [2.05, 4.69) is 30.9 Å². The number of likely N-dealkylation sites (tertiary alicyclic amines) is 2. The van der Waals surface area contributed by atoms with Crippen molar-refractivity contribution in [1.29, 1.82) is 0 Å². The van der Waals surface area contributed by atoms with Crippen molar-refractivity contribution in [2.75, 3.05) is 55.6 Å². The highest BCUT2D eigenvalue weighted by molar-refractivity contribution is 6.21. The zero-order valence-corrected chi connectivity index (χ0v) is 47.8. The molecule has 5 aliphatic rings. The number of amides is 8. The number of fused-ring (bicyclic) bond motifs is 2. The molecule has 8 amide bonds. The fourth-order valence-corrected chi connectivity index (χ4v) is 11.7. The number of nitrogens with one attached hydrogen (secondary N) is 4. The number of imidazole rings is 1. The normalized spacial score (nSPS) is 19.1. The van der Waals surface area contributed by atoms with Gasteiger partial charge in [-0.15, -0.1) is 0 Å². The fraction of sp³-hybridized carbons (Fsp3) is 0.281. The molecule has 6 aromatic carbocycles. The summed E-state index contributed by atoms with van der Waals surface area (Å²) in [6.07, 6.45) is -9.23. The maximum Gasteiger partial charge on any atom is 0.406 e. The van der Waals surface area contributed by atoms with Gasteiger partial charge in [-0.25, -0.2) is 37.9 Å². The first-order chi connectivity index (χ1) is 43.1. The summed E-state index contributed by atoms with van der Waals surface area (Å²) >= 11 is 0. The fourth-order valence-electron chi connectivity index (χ4n) is 11.7. The number of para-hydroxylation sites is 2. The zero-order valence-electron chi connectivity index (χ0n) is 47.8. The highest BCUT2D eigenvalue weighted by atomic mass is 19.4. The predicted octanol–water partition coefficient (Wildman–Crippen LogP) is 9.94. The molecule has 0 spiro atoms. The molecular formula is C64H58F8N12O6. The van der Waals surface area contributed by atoms with Gasteiger partial charge in [0, 0.05) is 73.3 Å². The summed E-state index contributed by atoms with van der Waals surface area (Å²) in [5.74, 6) is -2.78. The number of H-pyrrole nitrogens is 1. The molecule has 0 bridgehead atoms. The summed E-state index contributed by atoms with van der Waals surface area (Å²) in [6.45, 7) is -1.75. The molecule has 0 saturated carbocycles. The number of alkyl halides is 6. The van der Waals surface area contributed by atoms with Crippen molar-refractivity contribution in [3.05, 3.63) is 214 Å². The third-order valence-corrected chi connectivity index (χ3v) is 16.2. The molecule has 26 heteroatoms. The Kier molecular flexibility index (Phi) is 17.7. The number of hydrogen-bond donors (Lipinski definition) is 4. The first-order valence-corrected chi connectivity index (χ1v) is 28.9. The van der Waals surface area contributed by atoms with Crippen LogP contribution in [-0.4, -0.2) is 142 Å². The van der Waals surface area contributed by atoms with Gasteiger partial charge in [0.25, 0.3) is 11.8 Å². The van der Waals surface area contributed by atoms with Crippen LogP contribution in [0.1, 0.15) is 65.6 Å². The van der Waals surface area contributed by atoms with Gasteiger partial charge in [-0.1, -0.05) is 109 Å². The van der Waals surface area contributed by atoms with E-state index in [0.29, 0.717) is 75.5 Å². The van der Waals surface area contributed by atoms with Crippen LogP contribution in [0, 0.1) is 11.6 Å². The second kappa shape index (κ2) is 25.9. The molecule has 3 fully saturated rings. The Morgan fingerprint density at radius 2 is 0.944 bits per heavy atom. The molecule has 1 unspecified atom stereocenters. The number of aromatic amines is 1. The number of benzodiazepines with no additional fused rings is 2. The summed E-state index contributed by atoms with van der Waals surface area (Å²) in [4.78, 5) is 97.2. The molecule has 1 aromatic heterocycles. The van der Waals surface area contributed by atoms with Crippen LogP contribution in [0.25, 0.3) is 11.3 Å². The van der Waals surface area contributed by atoms with Crippen molar-refractivity contribution in [2.24, 2.45) is 9.98 Å². The summed E-state index contributed by atoms with van der Waals surface area (Å²) in [6, 6.07) is 39.4. The predicted molar refractivity (Wildman–Crippen MR) is 318 cm³/mol. The lowest BCUT2D eigenvalue weighted by Crippen LogP contribution is -2.55. The average Bonchev–Trinajstić information content (AvgIpc) is 1.88. The zero-order chi connectivity index (χ0) is 63.4. The van der Waals surface area contributed by atoms with Crippen molar-refractivity contribution in [3.63, 3.8) is 0 Å². The second-order valence-corrected chi connectivity index (χ2v) is 22.0. The molecule has 0 aliphatic carbocycles. The van der Waals surface area contributed by atoms with Crippen molar-refractivity contribution < 1.29 is 59.1 Å². The van der Waals surface area contributed by atoms with Crippen LogP contribution in [0.15, 0.2) is 179 Å². The Bertz CT molecular complexity index is 3900. The molecule has 18 nitrogen and oxygen atoms in total. The van der Waals surface area contributed by atoms with Crippen LogP contribution in [0.4, 0.5) is 60.9 Å². The van der Waals surface area contributed by atoms with E-state index in [4.69, 9.17) is 0 Å². The topological polar surface area (TPSA) is 200 Å². The molecule has 90 heavy (non-hydrogen) atoms. The van der Waals surface area contributed by atoms with Crippen LogP contribution in [0.3, 0.4) is 0 Å². The summed E-state index contributed by atoms with van der Waals surface area (Å²) in [5, 5.41) is 8.05. The van der Waals surface area contributed by atoms with Crippen LogP contribution < -0.4 is 31.4 Å². The van der Waals surface area contributed by atoms with Gasteiger partial charge in [0.05, 0.1) is 34.5 Å². The van der Waals surface area contributed by atoms with Crippen LogP contribution in [0.2, 0.25) is 0 Å². The van der Waals surface area contributed by atoms with E-state index in [0.717, 1.165) is 5.56 Å². The number of carbonyl (C=O) groups is 5. The lowest BCUT2D eigenvalue weighted by molar-refractivity contribution is -0.133. The highest BCUT2D eigenvalue weighted by Gasteiger charge is 2.43. The molecule has 3 atom stereocenters. The molecule has 4 N–H and O–H groups in total. The van der Waals surface area contributed by atoms with Gasteiger partial charge in [0.1, 0.15) is 24.7 Å². The average molecular weight is 1240 g/mol. The smallest absolute Gasteiger partial charge is 0.329 e. The van der Waals surface area contributed by atoms with E-state index in [1.54, 1.807) is 137 Å². The van der Waals surface area contributed by atoms with Gasteiger partial charge < -0.3 is 35.6 Å². The van der Waals surface area contributed by atoms with E-state index < -0.39 is 67.5 Å². The number of rotatable bonds is 10. The third kappa shape index (κ3) is 13.9. The third-order valence-electron chi connectivity index (χ3n) is 16.2. The van der Waals surface area contributed by atoms with Crippen molar-refractivity contribution in [2.45, 2.75) is 68.5 Å². The van der Waals surface area contributed by atoms with Crippen molar-refractivity contribution in [3.8, 4) is 11.3 Å². The van der Waals surface area contributed by atoms with Gasteiger partial charge in [-0.3, -0.25) is 24.0 Å². The number of carbonyl (C=O) groups excluding carboxylic acids is 5. The number of aliphatic imine (C=N–C) groups is 2. The number of urea groups is 3. The largest absolute Gasteiger partial charge is 0.406 e. The first kappa shape index (κ1) is 61.5. The minimum atomic E-state index is -4.71. The Morgan fingerprint density at radius 1 is 0.522 bits per heavy atom. The van der Waals surface area contributed by atoms with Crippen LogP contribution in [0.5, 0.6) is 0 Å². The SMILES string of the molecule is O=C(N[C@@H]1N=C(c2ccccc2)c2ccccc2N(CC(F)(F)F)C1=O)N1CCC(N2CC(c3ccc(F)cc3)NC2=O)CC1.O=C(N[C@@H]1N=C(c2ccccc2)c2ccccc2N(CC(F)(F)F)C1=O)N1CCC(n2cc(-c3ccc(F)cc3)[nH]c2=O)CC1. The molecule has 7 aromatic rings. The van der Waals surface area contributed by atoms with Gasteiger partial charge in [0.2, 0.25) is 12.3 Å². The minimum absolute atomic E-state index is 0.0388. The molecule has 466 valence electrons. The number of aromatic nitrogens is 2. The van der Waals surface area contributed by atoms with Gasteiger partial charge in [-0.05, 0) is 85.3 Å². The van der Waals surface area contributed by atoms with Gasteiger partial charge >= 0.3 is 36.1 Å². The highest BCUT2D eigenvalue weighted by Crippen LogP contribution is 2.35. The van der Waals surface area contributed by atoms with E-state index in [9.17, 15) is 63.9 Å². The molecule has 5 aliphatic heterocycles.